The van der Waals surface area contributed by atoms with Crippen LogP contribution in [0.3, 0.4) is 0 Å². The monoisotopic (exact) mass is 243 g/mol. The first kappa shape index (κ1) is 14.1. The van der Waals surface area contributed by atoms with Crippen molar-refractivity contribution in [3.05, 3.63) is 35.4 Å². The summed E-state index contributed by atoms with van der Waals surface area (Å²) in [5.41, 5.74) is 0.498. The van der Waals surface area contributed by atoms with Crippen molar-refractivity contribution < 1.29 is 13.5 Å². The SMILES string of the molecule is COCCCCNC(C)c1ccc(F)cc1F. The Morgan fingerprint density at radius 1 is 1.29 bits per heavy atom. The summed E-state index contributed by atoms with van der Waals surface area (Å²) in [5, 5.41) is 3.20. The average molecular weight is 243 g/mol. The number of unbranched alkanes of at least 4 members (excludes halogenated alkanes) is 1. The molecule has 4 heteroatoms. The molecule has 1 N–H and O–H groups in total. The summed E-state index contributed by atoms with van der Waals surface area (Å²) in [5.74, 6) is -1.04. The van der Waals surface area contributed by atoms with Crippen LogP contribution in [-0.4, -0.2) is 20.3 Å². The van der Waals surface area contributed by atoms with E-state index in [1.165, 1.54) is 12.1 Å². The van der Waals surface area contributed by atoms with E-state index in [4.69, 9.17) is 4.74 Å². The number of rotatable bonds is 7. The van der Waals surface area contributed by atoms with Gasteiger partial charge in [0.05, 0.1) is 0 Å². The molecule has 0 aromatic heterocycles. The van der Waals surface area contributed by atoms with E-state index < -0.39 is 11.6 Å². The van der Waals surface area contributed by atoms with Crippen LogP contribution in [0, 0.1) is 11.6 Å². The molecule has 0 fully saturated rings. The summed E-state index contributed by atoms with van der Waals surface area (Å²) >= 11 is 0. The minimum Gasteiger partial charge on any atom is -0.385 e. The van der Waals surface area contributed by atoms with Crippen molar-refractivity contribution in [1.82, 2.24) is 5.32 Å². The van der Waals surface area contributed by atoms with Gasteiger partial charge in [-0.05, 0) is 32.4 Å². The van der Waals surface area contributed by atoms with Gasteiger partial charge < -0.3 is 10.1 Å². The lowest BCUT2D eigenvalue weighted by atomic mass is 10.1. The molecule has 1 rings (SSSR count). The van der Waals surface area contributed by atoms with Gasteiger partial charge in [0.1, 0.15) is 11.6 Å². The van der Waals surface area contributed by atoms with Crippen LogP contribution in [-0.2, 0) is 4.74 Å². The lowest BCUT2D eigenvalue weighted by Crippen LogP contribution is -2.21. The lowest BCUT2D eigenvalue weighted by molar-refractivity contribution is 0.192. The van der Waals surface area contributed by atoms with Gasteiger partial charge in [0.15, 0.2) is 0 Å². The van der Waals surface area contributed by atoms with Gasteiger partial charge >= 0.3 is 0 Å². The van der Waals surface area contributed by atoms with Crippen LogP contribution in [0.4, 0.5) is 8.78 Å². The highest BCUT2D eigenvalue weighted by Crippen LogP contribution is 2.17. The first-order valence-corrected chi connectivity index (χ1v) is 5.82. The third-order valence-electron chi connectivity index (χ3n) is 2.65. The molecule has 1 unspecified atom stereocenters. The van der Waals surface area contributed by atoms with Gasteiger partial charge in [-0.25, -0.2) is 8.78 Å². The largest absolute Gasteiger partial charge is 0.385 e. The molecule has 0 amide bonds. The third kappa shape index (κ3) is 4.79. The second-order valence-corrected chi connectivity index (χ2v) is 4.04. The molecule has 2 nitrogen and oxygen atoms in total. The van der Waals surface area contributed by atoms with Gasteiger partial charge in [0.2, 0.25) is 0 Å². The molecule has 0 saturated carbocycles. The molecule has 0 saturated heterocycles. The predicted octanol–water partition coefficient (Wildman–Crippen LogP) is 3.04. The van der Waals surface area contributed by atoms with E-state index in [1.54, 1.807) is 7.11 Å². The zero-order valence-corrected chi connectivity index (χ0v) is 10.3. The Bertz CT molecular complexity index is 344. The number of hydrogen-bond donors (Lipinski definition) is 1. The molecule has 0 aliphatic heterocycles. The maximum absolute atomic E-state index is 13.4. The Hall–Kier alpha value is -1.00. The minimum absolute atomic E-state index is 0.113. The first-order valence-electron chi connectivity index (χ1n) is 5.82. The van der Waals surface area contributed by atoms with Crippen molar-refractivity contribution in [2.24, 2.45) is 0 Å². The lowest BCUT2D eigenvalue weighted by Gasteiger charge is -2.14. The van der Waals surface area contributed by atoms with Crippen molar-refractivity contribution in [1.29, 1.82) is 0 Å². The zero-order chi connectivity index (χ0) is 12.7. The molecule has 0 heterocycles. The highest BCUT2D eigenvalue weighted by Gasteiger charge is 2.10. The van der Waals surface area contributed by atoms with Crippen LogP contribution in [0.1, 0.15) is 31.4 Å². The molecular formula is C13H19F2NO. The number of nitrogens with one attached hydrogen (secondary N) is 1. The van der Waals surface area contributed by atoms with Gasteiger partial charge in [0, 0.05) is 31.4 Å². The topological polar surface area (TPSA) is 21.3 Å². The van der Waals surface area contributed by atoms with Crippen molar-refractivity contribution in [3.8, 4) is 0 Å². The molecule has 1 aromatic rings. The molecule has 0 radical (unpaired) electrons. The maximum Gasteiger partial charge on any atom is 0.130 e. The number of ether oxygens (including phenoxy) is 1. The Morgan fingerprint density at radius 3 is 2.71 bits per heavy atom. The number of benzene rings is 1. The maximum atomic E-state index is 13.4. The van der Waals surface area contributed by atoms with E-state index in [0.29, 0.717) is 5.56 Å². The number of methoxy groups -OCH3 is 1. The molecule has 0 spiro atoms. The Labute approximate surface area is 101 Å². The summed E-state index contributed by atoms with van der Waals surface area (Å²) in [6.45, 7) is 3.40. The number of halogens is 2. The molecule has 0 aliphatic rings. The molecule has 96 valence electrons. The summed E-state index contributed by atoms with van der Waals surface area (Å²) in [6, 6.07) is 3.57. The summed E-state index contributed by atoms with van der Waals surface area (Å²) in [7, 11) is 1.67. The fourth-order valence-corrected chi connectivity index (χ4v) is 1.65. The molecular weight excluding hydrogens is 224 g/mol. The van der Waals surface area contributed by atoms with E-state index in [9.17, 15) is 8.78 Å². The second kappa shape index (κ2) is 7.35. The standard InChI is InChI=1S/C13H19F2NO/c1-10(16-7-3-4-8-17-2)12-6-5-11(14)9-13(12)15/h5-6,9-10,16H,3-4,7-8H2,1-2H3. The number of hydrogen-bond acceptors (Lipinski definition) is 2. The van der Waals surface area contributed by atoms with E-state index in [2.05, 4.69) is 5.32 Å². The highest BCUT2D eigenvalue weighted by atomic mass is 19.1. The van der Waals surface area contributed by atoms with Crippen molar-refractivity contribution in [2.45, 2.75) is 25.8 Å². The fourth-order valence-electron chi connectivity index (χ4n) is 1.65. The Kier molecular flexibility index (Phi) is 6.08. The van der Waals surface area contributed by atoms with Gasteiger partial charge in [-0.3, -0.25) is 0 Å². The van der Waals surface area contributed by atoms with Crippen LogP contribution in [0.5, 0.6) is 0 Å². The van der Waals surface area contributed by atoms with Gasteiger partial charge in [-0.2, -0.15) is 0 Å². The van der Waals surface area contributed by atoms with Crippen LogP contribution in [0.15, 0.2) is 18.2 Å². The van der Waals surface area contributed by atoms with Crippen LogP contribution >= 0.6 is 0 Å². The van der Waals surface area contributed by atoms with Gasteiger partial charge in [0.25, 0.3) is 0 Å². The molecule has 1 aromatic carbocycles. The highest BCUT2D eigenvalue weighted by molar-refractivity contribution is 5.21. The summed E-state index contributed by atoms with van der Waals surface area (Å²) < 4.78 is 31.1. The molecule has 0 aliphatic carbocycles. The Balaban J connectivity index is 2.38. The van der Waals surface area contributed by atoms with E-state index in [-0.39, 0.29) is 6.04 Å². The third-order valence-corrected chi connectivity index (χ3v) is 2.65. The smallest absolute Gasteiger partial charge is 0.130 e. The van der Waals surface area contributed by atoms with Crippen molar-refractivity contribution in [2.75, 3.05) is 20.3 Å². The van der Waals surface area contributed by atoms with E-state index >= 15 is 0 Å². The van der Waals surface area contributed by atoms with Gasteiger partial charge in [-0.1, -0.05) is 6.07 Å². The molecule has 1 atom stereocenters. The average Bonchev–Trinajstić information content (AvgIpc) is 2.28. The molecule has 0 bridgehead atoms. The van der Waals surface area contributed by atoms with E-state index in [0.717, 1.165) is 32.1 Å². The minimum atomic E-state index is -0.543. The van der Waals surface area contributed by atoms with E-state index in [1.807, 2.05) is 6.92 Å². The second-order valence-electron chi connectivity index (χ2n) is 4.04. The Morgan fingerprint density at radius 2 is 2.06 bits per heavy atom. The van der Waals surface area contributed by atoms with Crippen molar-refractivity contribution >= 4 is 0 Å². The fraction of sp³-hybridized carbons (Fsp3) is 0.538. The van der Waals surface area contributed by atoms with Crippen molar-refractivity contribution in [3.63, 3.8) is 0 Å². The normalized spacial score (nSPS) is 12.7. The van der Waals surface area contributed by atoms with Gasteiger partial charge in [-0.15, -0.1) is 0 Å². The van der Waals surface area contributed by atoms with Crippen LogP contribution < -0.4 is 5.32 Å². The van der Waals surface area contributed by atoms with Crippen LogP contribution in [0.25, 0.3) is 0 Å². The zero-order valence-electron chi connectivity index (χ0n) is 10.3. The summed E-state index contributed by atoms with van der Waals surface area (Å²) in [4.78, 5) is 0. The molecule has 17 heavy (non-hydrogen) atoms. The predicted molar refractivity (Wildman–Crippen MR) is 63.9 cm³/mol. The quantitative estimate of drug-likeness (QED) is 0.743. The van der Waals surface area contributed by atoms with Crippen LogP contribution in [0.2, 0.25) is 0 Å². The first-order chi connectivity index (χ1) is 8.15. The summed E-state index contributed by atoms with van der Waals surface area (Å²) in [6.07, 6.45) is 1.95.